The smallest absolute Gasteiger partial charge is 0.281 e. The van der Waals surface area contributed by atoms with E-state index in [4.69, 9.17) is 0 Å². The van der Waals surface area contributed by atoms with E-state index in [0.29, 0.717) is 22.3 Å². The summed E-state index contributed by atoms with van der Waals surface area (Å²) in [6, 6.07) is 11.5. The Labute approximate surface area is 240 Å². The Morgan fingerprint density at radius 1 is 1.07 bits per heavy atom. The van der Waals surface area contributed by atoms with Crippen molar-refractivity contribution in [1.82, 2.24) is 30.0 Å². The number of aromatic nitrogens is 4. The van der Waals surface area contributed by atoms with Gasteiger partial charge in [0.25, 0.3) is 5.56 Å². The summed E-state index contributed by atoms with van der Waals surface area (Å²) in [5, 5.41) is 20.7. The van der Waals surface area contributed by atoms with E-state index in [-0.39, 0.29) is 28.7 Å². The van der Waals surface area contributed by atoms with Gasteiger partial charge in [0.05, 0.1) is 23.6 Å². The number of nitrogens with zero attached hydrogens (tertiary/aromatic N) is 5. The lowest BCUT2D eigenvalue weighted by atomic mass is 9.93. The quantitative estimate of drug-likeness (QED) is 0.316. The van der Waals surface area contributed by atoms with Crippen LogP contribution in [0.1, 0.15) is 36.8 Å². The zero-order chi connectivity index (χ0) is 28.7. The van der Waals surface area contributed by atoms with Crippen LogP contribution >= 0.6 is 0 Å². The summed E-state index contributed by atoms with van der Waals surface area (Å²) in [4.78, 5) is 34.8. The number of H-pyrrole nitrogens is 1. The first-order valence-corrected chi connectivity index (χ1v) is 15.3. The number of aryl methyl sites for hydroxylation is 2. The molecule has 3 heterocycles. The van der Waals surface area contributed by atoms with Crippen LogP contribution in [0.4, 0.5) is 5.69 Å². The summed E-state index contributed by atoms with van der Waals surface area (Å²) in [7, 11) is -1.61. The number of nitrogens with one attached hydrogen (secondary N) is 2. The molecule has 3 N–H and O–H groups in total. The van der Waals surface area contributed by atoms with Crippen molar-refractivity contribution < 1.29 is 14.1 Å². The number of hydrogen-bond donors (Lipinski definition) is 3. The fourth-order valence-corrected chi connectivity index (χ4v) is 7.07. The lowest BCUT2D eigenvalue weighted by Gasteiger charge is -2.36. The molecule has 11 nitrogen and oxygen atoms in total. The largest absolute Gasteiger partial charge is 0.393 e. The number of anilines is 1. The van der Waals surface area contributed by atoms with E-state index in [1.54, 1.807) is 10.6 Å². The maximum absolute atomic E-state index is 13.5. The van der Waals surface area contributed by atoms with E-state index >= 15 is 0 Å². The van der Waals surface area contributed by atoms with Crippen LogP contribution < -0.4 is 15.8 Å². The molecular formula is C29H35N7O4S. The Balaban J connectivity index is 1.18. The molecule has 12 heteroatoms. The number of rotatable bonds is 6. The first-order valence-electron chi connectivity index (χ1n) is 14.1. The molecular weight excluding hydrogens is 542 g/mol. The van der Waals surface area contributed by atoms with Crippen LogP contribution in [0.2, 0.25) is 0 Å². The van der Waals surface area contributed by atoms with Gasteiger partial charge in [-0.3, -0.25) is 14.5 Å². The maximum Gasteiger partial charge on any atom is 0.281 e. The number of amides is 1. The van der Waals surface area contributed by atoms with Gasteiger partial charge in [-0.2, -0.15) is 4.98 Å². The summed E-state index contributed by atoms with van der Waals surface area (Å²) < 4.78 is 15.1. The topological polar surface area (TPSA) is 136 Å². The van der Waals surface area contributed by atoms with Gasteiger partial charge in [-0.1, -0.05) is 17.7 Å². The van der Waals surface area contributed by atoms with E-state index in [1.807, 2.05) is 44.2 Å². The monoisotopic (exact) mass is 577 g/mol. The Hall–Kier alpha value is -3.61. The highest BCUT2D eigenvalue weighted by atomic mass is 32.2. The minimum atomic E-state index is -1.61. The van der Waals surface area contributed by atoms with Crippen molar-refractivity contribution in [2.24, 2.45) is 0 Å². The number of piperazine rings is 1. The van der Waals surface area contributed by atoms with Gasteiger partial charge >= 0.3 is 0 Å². The molecule has 41 heavy (non-hydrogen) atoms. The maximum atomic E-state index is 13.5. The number of hydrogen-bond acceptors (Lipinski definition) is 8. The normalized spacial score (nSPS) is 20.9. The molecule has 2 fully saturated rings. The molecule has 2 aromatic heterocycles. The highest BCUT2D eigenvalue weighted by Crippen LogP contribution is 2.26. The summed E-state index contributed by atoms with van der Waals surface area (Å²) in [6.45, 7) is 7.21. The Morgan fingerprint density at radius 2 is 1.83 bits per heavy atom. The summed E-state index contributed by atoms with van der Waals surface area (Å²) in [5.74, 6) is 0.0353. The minimum absolute atomic E-state index is 0.0353. The molecule has 0 bridgehead atoms. The van der Waals surface area contributed by atoms with Crippen LogP contribution in [0, 0.1) is 13.8 Å². The van der Waals surface area contributed by atoms with Crippen molar-refractivity contribution in [3.05, 3.63) is 57.9 Å². The Bertz CT molecular complexity index is 1680. The zero-order valence-electron chi connectivity index (χ0n) is 23.3. The Morgan fingerprint density at radius 3 is 2.56 bits per heavy atom. The number of fused-ring (bicyclic) bond motifs is 3. The molecule has 1 atom stereocenters. The molecule has 1 amide bonds. The van der Waals surface area contributed by atoms with Crippen molar-refractivity contribution in [3.63, 3.8) is 0 Å². The van der Waals surface area contributed by atoms with Crippen LogP contribution in [-0.2, 0) is 15.6 Å². The molecule has 1 saturated heterocycles. The second-order valence-corrected chi connectivity index (χ2v) is 12.5. The van der Waals surface area contributed by atoms with Gasteiger partial charge in [0.2, 0.25) is 5.91 Å². The van der Waals surface area contributed by atoms with Crippen molar-refractivity contribution in [2.75, 3.05) is 37.6 Å². The van der Waals surface area contributed by atoms with Gasteiger partial charge in [0.15, 0.2) is 10.7 Å². The van der Waals surface area contributed by atoms with Crippen LogP contribution in [0.3, 0.4) is 0 Å². The molecule has 0 spiro atoms. The number of carbonyl (C=O) groups excluding carboxylic acids is 1. The fourth-order valence-electron chi connectivity index (χ4n) is 5.89. The van der Waals surface area contributed by atoms with Crippen LogP contribution in [0.25, 0.3) is 16.6 Å². The zero-order valence-corrected chi connectivity index (χ0v) is 24.1. The van der Waals surface area contributed by atoms with Gasteiger partial charge < -0.3 is 15.3 Å². The number of aliphatic hydroxyl groups excluding tert-OH is 1. The molecule has 6 rings (SSSR count). The second kappa shape index (κ2) is 11.3. The molecule has 4 aromatic rings. The third-order valence-corrected chi connectivity index (χ3v) is 9.67. The average molecular weight is 578 g/mol. The lowest BCUT2D eigenvalue weighted by Crippen LogP contribution is -2.51. The molecule has 0 radical (unpaired) electrons. The molecule has 2 aromatic carbocycles. The first kappa shape index (κ1) is 27.6. The van der Waals surface area contributed by atoms with Crippen LogP contribution in [0.5, 0.6) is 0 Å². The van der Waals surface area contributed by atoms with E-state index in [2.05, 4.69) is 30.4 Å². The summed E-state index contributed by atoms with van der Waals surface area (Å²) in [5.41, 5.74) is 3.39. The standard InChI is InChI=1S/C29H35N7O4S/c1-18-3-10-25(19(2)15-18)41(40)29-27-31-28(39)23-9-6-21(16-24(23)36(27)33-32-29)35-13-11-34(12-14-35)17-26(38)30-20-4-7-22(37)8-5-20/h3,6,9-10,15-16,20,22,33,37H,4-5,7-8,11-14,17H2,1-2H3,(H,30,38). The SMILES string of the molecule is Cc1ccc(S(=O)c2n[nH]n3c2nc(=O)c2ccc(N4CCN(CC(=O)NC5CCC(O)CC5)CC4)cc23)c(C)c1. The molecule has 1 aliphatic carbocycles. The summed E-state index contributed by atoms with van der Waals surface area (Å²) in [6.07, 6.45) is 2.91. The second-order valence-electron chi connectivity index (χ2n) is 11.2. The highest BCUT2D eigenvalue weighted by Gasteiger charge is 2.25. The predicted molar refractivity (Wildman–Crippen MR) is 157 cm³/mol. The molecule has 216 valence electrons. The van der Waals surface area contributed by atoms with Gasteiger partial charge in [-0.05, 0) is 69.4 Å². The van der Waals surface area contributed by atoms with Gasteiger partial charge in [0, 0.05) is 42.8 Å². The van der Waals surface area contributed by atoms with Crippen LogP contribution in [-0.4, -0.2) is 84.8 Å². The molecule has 1 unspecified atom stereocenters. The number of aromatic amines is 1. The Kier molecular flexibility index (Phi) is 7.62. The van der Waals surface area contributed by atoms with Crippen molar-refractivity contribution in [3.8, 4) is 0 Å². The van der Waals surface area contributed by atoms with Gasteiger partial charge in [-0.25, -0.2) is 13.9 Å². The predicted octanol–water partition coefficient (Wildman–Crippen LogP) is 1.90. The molecule has 1 aliphatic heterocycles. The fraction of sp³-hybridized carbons (Fsp3) is 0.448. The third-order valence-electron chi connectivity index (χ3n) is 8.19. The van der Waals surface area contributed by atoms with Gasteiger partial charge in [-0.15, -0.1) is 5.10 Å². The van der Waals surface area contributed by atoms with E-state index in [9.17, 15) is 18.9 Å². The average Bonchev–Trinajstić information content (AvgIpc) is 3.38. The van der Waals surface area contributed by atoms with Crippen molar-refractivity contribution in [1.29, 1.82) is 0 Å². The first-order chi connectivity index (χ1) is 19.8. The number of benzene rings is 2. The van der Waals surface area contributed by atoms with Crippen molar-refractivity contribution in [2.45, 2.75) is 61.6 Å². The number of carbonyl (C=O) groups is 1. The van der Waals surface area contributed by atoms with Crippen LogP contribution in [0.15, 0.2) is 51.1 Å². The molecule has 2 aliphatic rings. The van der Waals surface area contributed by atoms with Gasteiger partial charge in [0.1, 0.15) is 10.8 Å². The number of aliphatic hydroxyl groups is 1. The minimum Gasteiger partial charge on any atom is -0.393 e. The highest BCUT2D eigenvalue weighted by molar-refractivity contribution is 7.85. The lowest BCUT2D eigenvalue weighted by molar-refractivity contribution is -0.123. The third kappa shape index (κ3) is 5.64. The van der Waals surface area contributed by atoms with E-state index in [1.165, 1.54) is 0 Å². The van der Waals surface area contributed by atoms with E-state index < -0.39 is 16.4 Å². The summed E-state index contributed by atoms with van der Waals surface area (Å²) >= 11 is 0. The van der Waals surface area contributed by atoms with E-state index in [0.717, 1.165) is 68.7 Å². The van der Waals surface area contributed by atoms with Crippen molar-refractivity contribution >= 4 is 38.9 Å². The molecule has 1 saturated carbocycles.